The molecule has 48 heavy (non-hydrogen) atoms. The van der Waals surface area contributed by atoms with Crippen molar-refractivity contribution in [3.05, 3.63) is 63.7 Å². The van der Waals surface area contributed by atoms with E-state index in [2.05, 4.69) is 10.6 Å². The number of halogens is 1. The molecule has 1 fully saturated rings. The minimum absolute atomic E-state index is 0.0128. The number of rotatable bonds is 9. The van der Waals surface area contributed by atoms with Crippen molar-refractivity contribution >= 4 is 53.2 Å². The number of likely N-dealkylation sites (N-methyl/N-ethyl adjacent to an activating group) is 2. The second kappa shape index (κ2) is 14.9. The number of piperidine rings is 1. The summed E-state index contributed by atoms with van der Waals surface area (Å²) in [6, 6.07) is 9.03. The molecule has 1 unspecified atom stereocenters. The number of amides is 7. The number of imide groups is 1. The third-order valence-corrected chi connectivity index (χ3v) is 8.26. The Bertz CT molecular complexity index is 1610. The molecule has 4 rings (SSSR count). The number of hydrogen-bond donors (Lipinski definition) is 2. The van der Waals surface area contributed by atoms with E-state index in [1.165, 1.54) is 28.8 Å². The van der Waals surface area contributed by atoms with Gasteiger partial charge in [0.1, 0.15) is 11.6 Å². The number of carbonyl (C=O) groups is 6. The Kier molecular flexibility index (Phi) is 11.2. The van der Waals surface area contributed by atoms with Gasteiger partial charge in [-0.15, -0.1) is 0 Å². The van der Waals surface area contributed by atoms with E-state index in [1.807, 2.05) is 6.92 Å². The molecule has 7 amide bonds. The number of carbonyl (C=O) groups excluding carboxylic acids is 6. The van der Waals surface area contributed by atoms with Gasteiger partial charge < -0.3 is 34.8 Å². The van der Waals surface area contributed by atoms with Crippen molar-refractivity contribution < 1.29 is 38.2 Å². The van der Waals surface area contributed by atoms with Crippen molar-refractivity contribution in [3.63, 3.8) is 0 Å². The van der Waals surface area contributed by atoms with Crippen LogP contribution in [0.2, 0.25) is 5.02 Å². The fraction of sp³-hybridized carbons (Fsp3) is 0.455. The lowest BCUT2D eigenvalue weighted by atomic mass is 10.0. The van der Waals surface area contributed by atoms with Crippen LogP contribution in [-0.2, 0) is 32.2 Å². The Morgan fingerprint density at radius 3 is 2.35 bits per heavy atom. The van der Waals surface area contributed by atoms with Crippen molar-refractivity contribution in [2.75, 3.05) is 39.2 Å². The summed E-state index contributed by atoms with van der Waals surface area (Å²) in [5, 5.41) is 6.04. The number of anilines is 1. The van der Waals surface area contributed by atoms with E-state index in [0.717, 1.165) is 16.0 Å². The van der Waals surface area contributed by atoms with Crippen LogP contribution in [0.4, 0.5) is 20.1 Å². The molecule has 2 heterocycles. The van der Waals surface area contributed by atoms with Crippen LogP contribution in [0.3, 0.4) is 0 Å². The highest BCUT2D eigenvalue weighted by molar-refractivity contribution is 6.31. The van der Waals surface area contributed by atoms with E-state index in [9.17, 15) is 28.8 Å². The van der Waals surface area contributed by atoms with Crippen LogP contribution in [0.5, 0.6) is 0 Å². The van der Waals surface area contributed by atoms with Gasteiger partial charge >= 0.3 is 18.2 Å². The molecule has 1 saturated heterocycles. The molecule has 0 radical (unpaired) electrons. The highest BCUT2D eigenvalue weighted by Gasteiger charge is 2.43. The molecule has 2 N–H and O–H groups in total. The molecule has 0 saturated carbocycles. The quantitative estimate of drug-likeness (QED) is 0.370. The van der Waals surface area contributed by atoms with Gasteiger partial charge in [0, 0.05) is 63.0 Å². The Morgan fingerprint density at radius 2 is 1.69 bits per heavy atom. The van der Waals surface area contributed by atoms with Crippen molar-refractivity contribution in [3.8, 4) is 0 Å². The molecule has 2 aromatic rings. The summed E-state index contributed by atoms with van der Waals surface area (Å²) in [6.07, 6.45) is -1.21. The van der Waals surface area contributed by atoms with Gasteiger partial charge in [0.25, 0.3) is 11.8 Å². The highest BCUT2D eigenvalue weighted by Crippen LogP contribution is 2.30. The van der Waals surface area contributed by atoms with Gasteiger partial charge in [-0.05, 0) is 69.0 Å². The Hall–Kier alpha value is -4.85. The van der Waals surface area contributed by atoms with Gasteiger partial charge in [0.05, 0.1) is 0 Å². The maximum Gasteiger partial charge on any atom is 0.411 e. The molecule has 0 aliphatic carbocycles. The van der Waals surface area contributed by atoms with Crippen molar-refractivity contribution in [2.24, 2.45) is 0 Å². The monoisotopic (exact) mass is 684 g/mol. The van der Waals surface area contributed by atoms with E-state index >= 15 is 0 Å². The number of fused-ring (bicyclic) bond motifs is 1. The summed E-state index contributed by atoms with van der Waals surface area (Å²) in [7, 11) is 3.00. The topological polar surface area (TPSA) is 158 Å². The van der Waals surface area contributed by atoms with Crippen molar-refractivity contribution in [1.29, 1.82) is 0 Å². The van der Waals surface area contributed by atoms with E-state index in [1.54, 1.807) is 57.2 Å². The van der Waals surface area contributed by atoms with E-state index in [-0.39, 0.29) is 44.9 Å². The molecule has 0 bridgehead atoms. The average molecular weight is 685 g/mol. The number of hydrogen-bond acceptors (Lipinski definition) is 8. The Labute approximate surface area is 284 Å². The van der Waals surface area contributed by atoms with Gasteiger partial charge in [-0.25, -0.2) is 19.3 Å². The number of ether oxygens (including phenoxy) is 2. The van der Waals surface area contributed by atoms with Crippen LogP contribution in [-0.4, -0.2) is 101 Å². The second-order valence-electron chi connectivity index (χ2n) is 12.8. The van der Waals surface area contributed by atoms with Crippen LogP contribution in [0.25, 0.3) is 0 Å². The smallest absolute Gasteiger partial charge is 0.411 e. The summed E-state index contributed by atoms with van der Waals surface area (Å²) in [5.41, 5.74) is 2.64. The molecule has 2 aromatic carbocycles. The predicted octanol–water partition coefficient (Wildman–Crippen LogP) is 4.34. The zero-order chi connectivity index (χ0) is 35.3. The van der Waals surface area contributed by atoms with Gasteiger partial charge in [-0.3, -0.25) is 14.4 Å². The summed E-state index contributed by atoms with van der Waals surface area (Å²) in [4.78, 5) is 81.4. The zero-order valence-electron chi connectivity index (χ0n) is 27.9. The number of nitrogens with zero attached hydrogens (tertiary/aromatic N) is 4. The van der Waals surface area contributed by atoms with E-state index in [0.29, 0.717) is 21.8 Å². The second-order valence-corrected chi connectivity index (χ2v) is 13.2. The lowest BCUT2D eigenvalue weighted by molar-refractivity contribution is -0.156. The minimum atomic E-state index is -0.921. The minimum Gasteiger partial charge on any atom is -0.444 e. The number of urea groups is 1. The van der Waals surface area contributed by atoms with Gasteiger partial charge in [0.15, 0.2) is 6.73 Å². The molecule has 258 valence electrons. The first-order valence-electron chi connectivity index (χ1n) is 15.4. The molecule has 0 spiro atoms. The first kappa shape index (κ1) is 36.0. The maximum atomic E-state index is 13.4. The van der Waals surface area contributed by atoms with Crippen LogP contribution in [0.15, 0.2) is 36.4 Å². The number of aryl methyl sites for hydroxylation is 1. The summed E-state index contributed by atoms with van der Waals surface area (Å²) >= 11 is 6.13. The van der Waals surface area contributed by atoms with Crippen LogP contribution >= 0.6 is 11.6 Å². The standard InChI is InChI=1S/C33H41ClN6O8/c1-20-7-9-23(16-25(20)34)36-30(44)35-17-21-8-10-24-22(15-21)18-39(28(24)42)26-11-12-27(41)40(29(26)43)19-47-31(45)37(5)13-14-38(6)32(46)48-33(2,3)4/h7-10,15-16,26H,11-14,17-19H2,1-6H3,(H2,35,36,44). The predicted molar refractivity (Wildman–Crippen MR) is 176 cm³/mol. The number of likely N-dealkylation sites (tertiary alicyclic amines) is 1. The lowest BCUT2D eigenvalue weighted by Crippen LogP contribution is -2.55. The van der Waals surface area contributed by atoms with Crippen LogP contribution in [0, 0.1) is 6.92 Å². The van der Waals surface area contributed by atoms with Gasteiger partial charge in [-0.2, -0.15) is 0 Å². The van der Waals surface area contributed by atoms with Crippen LogP contribution in [0.1, 0.15) is 60.7 Å². The van der Waals surface area contributed by atoms with Gasteiger partial charge in [-0.1, -0.05) is 29.8 Å². The average Bonchev–Trinajstić information content (AvgIpc) is 3.34. The van der Waals surface area contributed by atoms with Crippen molar-refractivity contribution in [1.82, 2.24) is 24.9 Å². The number of benzene rings is 2. The zero-order valence-corrected chi connectivity index (χ0v) is 28.7. The summed E-state index contributed by atoms with van der Waals surface area (Å²) < 4.78 is 10.5. The first-order chi connectivity index (χ1) is 22.5. The van der Waals surface area contributed by atoms with E-state index < -0.39 is 48.4 Å². The first-order valence-corrected chi connectivity index (χ1v) is 15.8. The van der Waals surface area contributed by atoms with E-state index in [4.69, 9.17) is 21.1 Å². The third kappa shape index (κ3) is 8.94. The highest BCUT2D eigenvalue weighted by atomic mass is 35.5. The number of nitrogens with one attached hydrogen (secondary N) is 2. The lowest BCUT2D eigenvalue weighted by Gasteiger charge is -2.35. The molecule has 14 nitrogen and oxygen atoms in total. The summed E-state index contributed by atoms with van der Waals surface area (Å²) in [6.45, 7) is 7.11. The largest absolute Gasteiger partial charge is 0.444 e. The third-order valence-electron chi connectivity index (χ3n) is 7.85. The SMILES string of the molecule is Cc1ccc(NC(=O)NCc2ccc3c(c2)CN(C2CCC(=O)N(COC(=O)N(C)CCN(C)C(=O)OC(C)(C)C)C2=O)C3=O)cc1Cl. The summed E-state index contributed by atoms with van der Waals surface area (Å²) in [5.74, 6) is -1.50. The molecule has 15 heteroatoms. The molecular weight excluding hydrogens is 644 g/mol. The van der Waals surface area contributed by atoms with Gasteiger partial charge in [0.2, 0.25) is 5.91 Å². The molecule has 2 aliphatic heterocycles. The molecule has 2 aliphatic rings. The molecule has 0 aromatic heterocycles. The fourth-order valence-electron chi connectivity index (χ4n) is 5.09. The molecule has 1 atom stereocenters. The van der Waals surface area contributed by atoms with Crippen LogP contribution < -0.4 is 10.6 Å². The molecular formula is C33H41ClN6O8. The maximum absolute atomic E-state index is 13.4. The normalized spacial score (nSPS) is 16.0. The van der Waals surface area contributed by atoms with Crippen molar-refractivity contribution in [2.45, 2.75) is 65.3 Å². The Morgan fingerprint density at radius 1 is 1.00 bits per heavy atom. The Balaban J connectivity index is 1.29. The fourth-order valence-corrected chi connectivity index (χ4v) is 5.27.